The number of benzene rings is 3. The van der Waals surface area contributed by atoms with Crippen LogP contribution in [-0.2, 0) is 14.8 Å². The molecule has 0 aromatic heterocycles. The van der Waals surface area contributed by atoms with Crippen molar-refractivity contribution in [2.24, 2.45) is 0 Å². The van der Waals surface area contributed by atoms with Gasteiger partial charge in [-0.25, -0.2) is 8.42 Å². The molecule has 0 atom stereocenters. The summed E-state index contributed by atoms with van der Waals surface area (Å²) in [7, 11) is -3.34. The number of carbonyl (C=O) groups is 1. The van der Waals surface area contributed by atoms with Crippen molar-refractivity contribution in [1.29, 1.82) is 0 Å². The van der Waals surface area contributed by atoms with Gasteiger partial charge in [-0.2, -0.15) is 0 Å². The molecule has 28 heavy (non-hydrogen) atoms. The van der Waals surface area contributed by atoms with Crippen molar-refractivity contribution in [3.8, 4) is 5.75 Å². The molecule has 0 unspecified atom stereocenters. The van der Waals surface area contributed by atoms with Crippen LogP contribution in [0.3, 0.4) is 0 Å². The van der Waals surface area contributed by atoms with Crippen molar-refractivity contribution in [3.63, 3.8) is 0 Å². The molecule has 1 amide bonds. The first-order chi connectivity index (χ1) is 13.4. The van der Waals surface area contributed by atoms with Crippen LogP contribution in [0.5, 0.6) is 5.75 Å². The lowest BCUT2D eigenvalue weighted by molar-refractivity contribution is -0.118. The van der Waals surface area contributed by atoms with Crippen LogP contribution in [0.15, 0.2) is 60.7 Å². The molecule has 6 nitrogen and oxygen atoms in total. The number of sulfonamides is 1. The molecular formula is C21H22N2O4S. The Morgan fingerprint density at radius 3 is 2.46 bits per heavy atom. The van der Waals surface area contributed by atoms with Gasteiger partial charge < -0.3 is 10.1 Å². The van der Waals surface area contributed by atoms with Gasteiger partial charge in [0.2, 0.25) is 10.0 Å². The van der Waals surface area contributed by atoms with E-state index in [9.17, 15) is 13.2 Å². The lowest BCUT2D eigenvalue weighted by atomic mass is 10.1. The maximum Gasteiger partial charge on any atom is 0.262 e. The van der Waals surface area contributed by atoms with E-state index in [4.69, 9.17) is 4.74 Å². The minimum Gasteiger partial charge on any atom is -0.484 e. The lowest BCUT2D eigenvalue weighted by Crippen LogP contribution is -2.20. The highest BCUT2D eigenvalue weighted by atomic mass is 32.2. The number of carbonyl (C=O) groups excluding carboxylic acids is 1. The van der Waals surface area contributed by atoms with Gasteiger partial charge in [-0.05, 0) is 60.5 Å². The monoisotopic (exact) mass is 398 g/mol. The highest BCUT2D eigenvalue weighted by Gasteiger charge is 2.10. The third kappa shape index (κ3) is 5.01. The molecule has 0 spiro atoms. The second-order valence-electron chi connectivity index (χ2n) is 6.38. The number of amides is 1. The summed E-state index contributed by atoms with van der Waals surface area (Å²) in [5.74, 6) is 0.320. The van der Waals surface area contributed by atoms with E-state index < -0.39 is 10.0 Å². The van der Waals surface area contributed by atoms with Crippen molar-refractivity contribution in [3.05, 3.63) is 66.2 Å². The molecule has 0 bridgehead atoms. The SMILES string of the molecule is CCS(=O)(=O)Nc1ccc(NC(=O)COc2ccc3ccccc3c2)cc1C. The first-order valence-electron chi connectivity index (χ1n) is 8.89. The van der Waals surface area contributed by atoms with E-state index in [-0.39, 0.29) is 18.3 Å². The second kappa shape index (κ2) is 8.31. The average Bonchev–Trinajstić information content (AvgIpc) is 2.68. The lowest BCUT2D eigenvalue weighted by Gasteiger charge is -2.12. The van der Waals surface area contributed by atoms with Crippen LogP contribution in [0.25, 0.3) is 10.8 Å². The van der Waals surface area contributed by atoms with Gasteiger partial charge in [0.05, 0.1) is 11.4 Å². The molecule has 7 heteroatoms. The van der Waals surface area contributed by atoms with Gasteiger partial charge in [0.1, 0.15) is 5.75 Å². The van der Waals surface area contributed by atoms with Crippen LogP contribution in [0.2, 0.25) is 0 Å². The number of hydrogen-bond acceptors (Lipinski definition) is 4. The number of rotatable bonds is 7. The predicted molar refractivity (Wildman–Crippen MR) is 112 cm³/mol. The van der Waals surface area contributed by atoms with Crippen LogP contribution in [0.4, 0.5) is 11.4 Å². The second-order valence-corrected chi connectivity index (χ2v) is 8.39. The minimum absolute atomic E-state index is 0.00294. The Kier molecular flexibility index (Phi) is 5.84. The highest BCUT2D eigenvalue weighted by Crippen LogP contribution is 2.22. The molecule has 0 saturated heterocycles. The maximum atomic E-state index is 12.2. The molecule has 2 N–H and O–H groups in total. The van der Waals surface area contributed by atoms with Gasteiger partial charge in [-0.15, -0.1) is 0 Å². The fourth-order valence-corrected chi connectivity index (χ4v) is 3.41. The first-order valence-corrected chi connectivity index (χ1v) is 10.5. The fraction of sp³-hybridized carbons (Fsp3) is 0.190. The quantitative estimate of drug-likeness (QED) is 0.632. The summed E-state index contributed by atoms with van der Waals surface area (Å²) < 4.78 is 31.5. The molecule has 0 aliphatic rings. The number of fused-ring (bicyclic) bond motifs is 1. The Morgan fingerprint density at radius 2 is 1.75 bits per heavy atom. The van der Waals surface area contributed by atoms with Gasteiger partial charge in [-0.1, -0.05) is 30.3 Å². The Labute approximate surface area is 164 Å². The number of ether oxygens (including phenoxy) is 1. The summed E-state index contributed by atoms with van der Waals surface area (Å²) in [5.41, 5.74) is 1.78. The number of nitrogens with one attached hydrogen (secondary N) is 2. The van der Waals surface area contributed by atoms with E-state index in [0.29, 0.717) is 22.7 Å². The van der Waals surface area contributed by atoms with E-state index in [1.54, 1.807) is 32.0 Å². The Morgan fingerprint density at radius 1 is 1.00 bits per heavy atom. The number of hydrogen-bond donors (Lipinski definition) is 2. The van der Waals surface area contributed by atoms with Crippen LogP contribution in [0.1, 0.15) is 12.5 Å². The Bertz CT molecular complexity index is 1110. The zero-order chi connectivity index (χ0) is 20.1. The van der Waals surface area contributed by atoms with Crippen LogP contribution in [-0.4, -0.2) is 26.7 Å². The largest absolute Gasteiger partial charge is 0.484 e. The molecule has 146 valence electrons. The van der Waals surface area contributed by atoms with E-state index >= 15 is 0 Å². The molecular weight excluding hydrogens is 376 g/mol. The summed E-state index contributed by atoms with van der Waals surface area (Å²) in [6.07, 6.45) is 0. The first kappa shape index (κ1) is 19.7. The van der Waals surface area contributed by atoms with Gasteiger partial charge in [0, 0.05) is 5.69 Å². The minimum atomic E-state index is -3.34. The molecule has 0 aliphatic heterocycles. The van der Waals surface area contributed by atoms with Crippen molar-refractivity contribution in [1.82, 2.24) is 0 Å². The smallest absolute Gasteiger partial charge is 0.262 e. The predicted octanol–water partition coefficient (Wildman–Crippen LogP) is 3.93. The van der Waals surface area contributed by atoms with Crippen LogP contribution >= 0.6 is 0 Å². The maximum absolute atomic E-state index is 12.2. The summed E-state index contributed by atoms with van der Waals surface area (Å²) in [6, 6.07) is 18.6. The highest BCUT2D eigenvalue weighted by molar-refractivity contribution is 7.92. The third-order valence-corrected chi connectivity index (χ3v) is 5.54. The summed E-state index contributed by atoms with van der Waals surface area (Å²) in [5, 5.41) is 4.90. The van der Waals surface area contributed by atoms with E-state index in [1.165, 1.54) is 0 Å². The van der Waals surface area contributed by atoms with Gasteiger partial charge in [0.25, 0.3) is 5.91 Å². The van der Waals surface area contributed by atoms with Gasteiger partial charge >= 0.3 is 0 Å². The van der Waals surface area contributed by atoms with Crippen molar-refractivity contribution < 1.29 is 17.9 Å². The normalized spacial score (nSPS) is 11.2. The number of aryl methyl sites for hydroxylation is 1. The fourth-order valence-electron chi connectivity index (χ4n) is 2.70. The zero-order valence-corrected chi connectivity index (χ0v) is 16.5. The molecule has 3 aromatic rings. The van der Waals surface area contributed by atoms with Crippen molar-refractivity contribution in [2.45, 2.75) is 13.8 Å². The van der Waals surface area contributed by atoms with E-state index in [0.717, 1.165) is 10.8 Å². The van der Waals surface area contributed by atoms with E-state index in [1.807, 2.05) is 42.5 Å². The average molecular weight is 398 g/mol. The van der Waals surface area contributed by atoms with E-state index in [2.05, 4.69) is 10.0 Å². The standard InChI is InChI=1S/C21H22N2O4S/c1-3-28(25,26)23-20-11-9-18(12-15(20)2)22-21(24)14-27-19-10-8-16-6-4-5-7-17(16)13-19/h4-13,23H,3,14H2,1-2H3,(H,22,24). The zero-order valence-electron chi connectivity index (χ0n) is 15.7. The van der Waals surface area contributed by atoms with Crippen molar-refractivity contribution in [2.75, 3.05) is 22.4 Å². The molecule has 3 aromatic carbocycles. The van der Waals surface area contributed by atoms with Crippen LogP contribution < -0.4 is 14.8 Å². The van der Waals surface area contributed by atoms with Gasteiger partial charge in [0.15, 0.2) is 6.61 Å². The molecule has 0 saturated carbocycles. The summed E-state index contributed by atoms with van der Waals surface area (Å²) >= 11 is 0. The molecule has 0 heterocycles. The number of anilines is 2. The topological polar surface area (TPSA) is 84.5 Å². The van der Waals surface area contributed by atoms with Crippen molar-refractivity contribution >= 4 is 38.1 Å². The van der Waals surface area contributed by atoms with Gasteiger partial charge in [-0.3, -0.25) is 9.52 Å². The molecule has 3 rings (SSSR count). The van der Waals surface area contributed by atoms with Crippen LogP contribution in [0, 0.1) is 6.92 Å². The Hall–Kier alpha value is -3.06. The molecule has 0 aliphatic carbocycles. The molecule has 0 fully saturated rings. The Balaban J connectivity index is 1.60. The summed E-state index contributed by atoms with van der Waals surface area (Å²) in [4.78, 5) is 12.2. The third-order valence-electron chi connectivity index (χ3n) is 4.25. The summed E-state index contributed by atoms with van der Waals surface area (Å²) in [6.45, 7) is 3.22. The molecule has 0 radical (unpaired) electrons.